The summed E-state index contributed by atoms with van der Waals surface area (Å²) in [7, 11) is 0. The van der Waals surface area contributed by atoms with Crippen molar-refractivity contribution in [2.75, 3.05) is 26.2 Å². The fourth-order valence-corrected chi connectivity index (χ4v) is 5.75. The largest absolute Gasteiger partial charge is 0.343 e. The summed E-state index contributed by atoms with van der Waals surface area (Å²) in [6.07, 6.45) is 14.3. The van der Waals surface area contributed by atoms with Gasteiger partial charge in [0.25, 0.3) is 0 Å². The number of likely N-dealkylation sites (tertiary alicyclic amines) is 1. The minimum absolute atomic E-state index is 0.0848. The Morgan fingerprint density at radius 1 is 1.18 bits per heavy atom. The van der Waals surface area contributed by atoms with Gasteiger partial charge in [0.05, 0.1) is 0 Å². The highest BCUT2D eigenvalue weighted by Gasteiger charge is 2.39. The fraction of sp³-hybridized carbons (Fsp3) is 0.741. The summed E-state index contributed by atoms with van der Waals surface area (Å²) in [5.41, 5.74) is 2.89. The Hall–Kier alpha value is -1.95. The number of nitrogens with zero attached hydrogens (tertiary/aromatic N) is 4. The fourth-order valence-electron chi connectivity index (χ4n) is 5.75. The molecule has 1 aromatic rings. The van der Waals surface area contributed by atoms with Crippen LogP contribution in [0.5, 0.6) is 0 Å². The van der Waals surface area contributed by atoms with E-state index in [2.05, 4.69) is 47.9 Å². The molecule has 1 saturated heterocycles. The van der Waals surface area contributed by atoms with Crippen LogP contribution in [0.1, 0.15) is 96.2 Å². The van der Waals surface area contributed by atoms with Gasteiger partial charge in [0.2, 0.25) is 11.8 Å². The van der Waals surface area contributed by atoms with Crippen LogP contribution in [-0.2, 0) is 10.2 Å². The van der Waals surface area contributed by atoms with Crippen LogP contribution < -0.4 is 0 Å². The third kappa shape index (κ3) is 4.96. The van der Waals surface area contributed by atoms with Crippen molar-refractivity contribution in [3.8, 4) is 0 Å². The van der Waals surface area contributed by atoms with Crippen molar-refractivity contribution in [1.29, 1.82) is 0 Å². The smallest absolute Gasteiger partial charge is 0.229 e. The average molecular weight is 453 g/mol. The van der Waals surface area contributed by atoms with Crippen molar-refractivity contribution >= 4 is 5.91 Å². The van der Waals surface area contributed by atoms with Crippen molar-refractivity contribution in [3.63, 3.8) is 0 Å². The van der Waals surface area contributed by atoms with Crippen LogP contribution in [0.15, 0.2) is 27.8 Å². The Balaban J connectivity index is 1.18. The number of hydrogen-bond acceptors (Lipinski definition) is 5. The van der Waals surface area contributed by atoms with E-state index in [0.29, 0.717) is 30.2 Å². The summed E-state index contributed by atoms with van der Waals surface area (Å²) in [6, 6.07) is 0.595. The SMILES string of the molecule is CC(C)N1CC=C(C2=CCCCC2CC(=O)N2CCC(C)(c3noc(C4CC4)n3)CC2)CC1. The second-order valence-electron chi connectivity index (χ2n) is 11.2. The zero-order chi connectivity index (χ0) is 23.0. The molecule has 33 heavy (non-hydrogen) atoms. The maximum Gasteiger partial charge on any atom is 0.229 e. The van der Waals surface area contributed by atoms with E-state index in [4.69, 9.17) is 9.51 Å². The molecule has 1 amide bonds. The molecule has 0 spiro atoms. The van der Waals surface area contributed by atoms with Crippen molar-refractivity contribution in [2.24, 2.45) is 5.92 Å². The number of allylic oxidation sites excluding steroid dienone is 2. The van der Waals surface area contributed by atoms with Crippen molar-refractivity contribution < 1.29 is 9.32 Å². The predicted octanol–water partition coefficient (Wildman–Crippen LogP) is 4.98. The van der Waals surface area contributed by atoms with Crippen LogP contribution in [0.4, 0.5) is 0 Å². The first-order valence-corrected chi connectivity index (χ1v) is 13.2. The van der Waals surface area contributed by atoms with Gasteiger partial charge in [-0.2, -0.15) is 4.98 Å². The molecule has 2 aliphatic heterocycles. The summed E-state index contributed by atoms with van der Waals surface area (Å²) < 4.78 is 5.51. The van der Waals surface area contributed by atoms with E-state index in [1.807, 2.05) is 0 Å². The highest BCUT2D eigenvalue weighted by atomic mass is 16.5. The van der Waals surface area contributed by atoms with E-state index in [1.165, 1.54) is 30.4 Å². The third-order valence-electron chi connectivity index (χ3n) is 8.45. The summed E-state index contributed by atoms with van der Waals surface area (Å²) in [5.74, 6) is 2.85. The Bertz CT molecular complexity index is 918. The second kappa shape index (κ2) is 9.36. The molecule has 1 atom stereocenters. The third-order valence-corrected chi connectivity index (χ3v) is 8.45. The maximum atomic E-state index is 13.3. The Morgan fingerprint density at radius 3 is 2.64 bits per heavy atom. The highest BCUT2D eigenvalue weighted by molar-refractivity contribution is 5.77. The molecule has 2 aliphatic carbocycles. The minimum Gasteiger partial charge on any atom is -0.343 e. The lowest BCUT2D eigenvalue weighted by molar-refractivity contribution is -0.133. The molecular formula is C27H40N4O2. The summed E-state index contributed by atoms with van der Waals surface area (Å²) in [4.78, 5) is 22.6. The molecule has 0 bridgehead atoms. The van der Waals surface area contributed by atoms with Crippen LogP contribution in [0.2, 0.25) is 0 Å². The van der Waals surface area contributed by atoms with E-state index < -0.39 is 0 Å². The maximum absolute atomic E-state index is 13.3. The van der Waals surface area contributed by atoms with Gasteiger partial charge in [0.1, 0.15) is 0 Å². The molecule has 6 heteroatoms. The minimum atomic E-state index is -0.0848. The molecule has 0 aromatic carbocycles. The monoisotopic (exact) mass is 452 g/mol. The number of carbonyl (C=O) groups excluding carboxylic acids is 1. The number of piperidine rings is 1. The van der Waals surface area contributed by atoms with Gasteiger partial charge in [0.15, 0.2) is 5.82 Å². The molecule has 0 radical (unpaired) electrons. The van der Waals surface area contributed by atoms with Crippen molar-refractivity contribution in [3.05, 3.63) is 35.0 Å². The lowest BCUT2D eigenvalue weighted by atomic mass is 9.78. The normalized spacial score (nSPS) is 26.3. The first-order valence-electron chi connectivity index (χ1n) is 13.2. The number of hydrogen-bond donors (Lipinski definition) is 0. The molecule has 0 N–H and O–H groups in total. The van der Waals surface area contributed by atoms with Crippen LogP contribution in [-0.4, -0.2) is 58.1 Å². The van der Waals surface area contributed by atoms with E-state index in [-0.39, 0.29) is 5.41 Å². The summed E-state index contributed by atoms with van der Waals surface area (Å²) in [5, 5.41) is 4.31. The Kier molecular flexibility index (Phi) is 6.47. The molecule has 2 fully saturated rings. The van der Waals surface area contributed by atoms with Gasteiger partial charge >= 0.3 is 0 Å². The zero-order valence-corrected chi connectivity index (χ0v) is 20.7. The van der Waals surface area contributed by atoms with Crippen molar-refractivity contribution in [1.82, 2.24) is 19.9 Å². The first-order chi connectivity index (χ1) is 15.9. The molecule has 1 unspecified atom stereocenters. The van der Waals surface area contributed by atoms with Gasteiger partial charge in [-0.1, -0.05) is 24.2 Å². The molecule has 4 aliphatic rings. The summed E-state index contributed by atoms with van der Waals surface area (Å²) >= 11 is 0. The molecule has 180 valence electrons. The molecule has 5 rings (SSSR count). The topological polar surface area (TPSA) is 62.5 Å². The number of carbonyl (C=O) groups is 1. The van der Waals surface area contributed by atoms with Gasteiger partial charge in [-0.25, -0.2) is 0 Å². The molecule has 1 saturated carbocycles. The molecule has 6 nitrogen and oxygen atoms in total. The van der Waals surface area contributed by atoms with E-state index in [9.17, 15) is 4.79 Å². The van der Waals surface area contributed by atoms with E-state index >= 15 is 0 Å². The van der Waals surface area contributed by atoms with Gasteiger partial charge in [-0.15, -0.1) is 0 Å². The lowest BCUT2D eigenvalue weighted by Crippen LogP contribution is -2.45. The van der Waals surface area contributed by atoms with Gasteiger partial charge < -0.3 is 9.42 Å². The second-order valence-corrected chi connectivity index (χ2v) is 11.2. The summed E-state index contributed by atoms with van der Waals surface area (Å²) in [6.45, 7) is 10.5. The van der Waals surface area contributed by atoms with Gasteiger partial charge in [-0.3, -0.25) is 9.69 Å². The molecule has 3 heterocycles. The van der Waals surface area contributed by atoms with Crippen LogP contribution in [0, 0.1) is 5.92 Å². The number of aromatic nitrogens is 2. The number of amides is 1. The lowest BCUT2D eigenvalue weighted by Gasteiger charge is -2.38. The van der Waals surface area contributed by atoms with Gasteiger partial charge in [-0.05, 0) is 82.3 Å². The first kappa shape index (κ1) is 22.8. The quantitative estimate of drug-likeness (QED) is 0.609. The Morgan fingerprint density at radius 2 is 1.97 bits per heavy atom. The average Bonchev–Trinajstić information content (AvgIpc) is 3.55. The van der Waals surface area contributed by atoms with E-state index in [1.54, 1.807) is 0 Å². The van der Waals surface area contributed by atoms with Crippen LogP contribution in [0.25, 0.3) is 0 Å². The van der Waals surface area contributed by atoms with Crippen molar-refractivity contribution in [2.45, 2.75) is 95.9 Å². The zero-order valence-electron chi connectivity index (χ0n) is 20.7. The predicted molar refractivity (Wildman–Crippen MR) is 129 cm³/mol. The Labute approximate surface area is 198 Å². The van der Waals surface area contributed by atoms with E-state index in [0.717, 1.165) is 70.0 Å². The standard InChI is InChI=1S/C27H40N4O2/c1-19(2)30-14-10-20(11-15-30)23-7-5-4-6-22(23)18-24(32)31-16-12-27(3,13-17-31)26-28-25(33-29-26)21-8-9-21/h7,10,19,21-22H,4-6,8-9,11-18H2,1-3H3. The molecule has 1 aromatic heterocycles. The highest BCUT2D eigenvalue weighted by Crippen LogP contribution is 2.41. The van der Waals surface area contributed by atoms with Crippen LogP contribution in [0.3, 0.4) is 0 Å². The van der Waals surface area contributed by atoms with Crippen LogP contribution >= 0.6 is 0 Å². The number of rotatable bonds is 6. The molecular weight excluding hydrogens is 412 g/mol. The van der Waals surface area contributed by atoms with Gasteiger partial charge in [0, 0.05) is 50.0 Å².